The lowest BCUT2D eigenvalue weighted by Crippen LogP contribution is -2.43. The number of urea groups is 1. The van der Waals surface area contributed by atoms with Crippen molar-refractivity contribution in [3.05, 3.63) is 30.5 Å². The number of carbonyl (C=O) groups is 2. The zero-order valence-electron chi connectivity index (χ0n) is 16.3. The highest BCUT2D eigenvalue weighted by atomic mass is 16.5. The highest BCUT2D eigenvalue weighted by molar-refractivity contribution is 6.02. The summed E-state index contributed by atoms with van der Waals surface area (Å²) in [5.74, 6) is 0.576. The zero-order chi connectivity index (χ0) is 19.8. The molecule has 1 aliphatic rings. The second kappa shape index (κ2) is 9.92. The lowest BCUT2D eigenvalue weighted by molar-refractivity contribution is -0.116. The molecule has 0 saturated heterocycles. The van der Waals surface area contributed by atoms with Crippen molar-refractivity contribution in [3.63, 3.8) is 0 Å². The van der Waals surface area contributed by atoms with E-state index >= 15 is 0 Å². The summed E-state index contributed by atoms with van der Waals surface area (Å²) >= 11 is 0. The van der Waals surface area contributed by atoms with Gasteiger partial charge in [-0.15, -0.1) is 0 Å². The predicted molar refractivity (Wildman–Crippen MR) is 110 cm³/mol. The number of anilines is 1. The predicted octanol–water partition coefficient (Wildman–Crippen LogP) is 3.59. The van der Waals surface area contributed by atoms with E-state index in [0.29, 0.717) is 36.3 Å². The Bertz CT molecular complexity index is 818. The van der Waals surface area contributed by atoms with E-state index in [2.05, 4.69) is 20.9 Å². The van der Waals surface area contributed by atoms with Gasteiger partial charge in [0.2, 0.25) is 5.91 Å². The molecule has 0 atom stereocenters. The minimum absolute atomic E-state index is 0.0928. The van der Waals surface area contributed by atoms with Gasteiger partial charge in [0.25, 0.3) is 0 Å². The molecule has 0 radical (unpaired) electrons. The van der Waals surface area contributed by atoms with Gasteiger partial charge in [0.15, 0.2) is 0 Å². The maximum atomic E-state index is 12.3. The van der Waals surface area contributed by atoms with Crippen molar-refractivity contribution < 1.29 is 14.3 Å². The topological polar surface area (TPSA) is 92.4 Å². The van der Waals surface area contributed by atoms with Gasteiger partial charge >= 0.3 is 6.03 Å². The first-order chi connectivity index (χ1) is 13.7. The van der Waals surface area contributed by atoms with Gasteiger partial charge in [-0.2, -0.15) is 0 Å². The Hall–Kier alpha value is -2.83. The molecule has 1 saturated carbocycles. The number of nitrogens with zero attached hydrogens (tertiary/aromatic N) is 1. The SMILES string of the molecule is COc1ccc(NC(=O)CCCNC(=O)NC2CCCCC2)c2cccnc12. The molecule has 1 aliphatic carbocycles. The van der Waals surface area contributed by atoms with Crippen molar-refractivity contribution >= 4 is 28.5 Å². The standard InChI is InChI=1S/C21H28N4O3/c1-28-18-12-11-17(16-9-5-13-22-20(16)18)25-19(26)10-6-14-23-21(27)24-15-7-3-2-4-8-15/h5,9,11-13,15H,2-4,6-8,10,14H2,1H3,(H,25,26)(H2,23,24,27). The number of ether oxygens (including phenoxy) is 1. The Morgan fingerprint density at radius 3 is 2.79 bits per heavy atom. The van der Waals surface area contributed by atoms with Crippen LogP contribution >= 0.6 is 0 Å². The molecular weight excluding hydrogens is 356 g/mol. The molecule has 1 fully saturated rings. The van der Waals surface area contributed by atoms with Crippen molar-refractivity contribution in [1.82, 2.24) is 15.6 Å². The van der Waals surface area contributed by atoms with Crippen LogP contribution in [0, 0.1) is 0 Å². The van der Waals surface area contributed by atoms with E-state index in [1.165, 1.54) is 19.3 Å². The number of benzene rings is 1. The molecule has 0 unspecified atom stereocenters. The van der Waals surface area contributed by atoms with Crippen LogP contribution in [0.15, 0.2) is 30.5 Å². The molecular formula is C21H28N4O3. The Morgan fingerprint density at radius 1 is 1.18 bits per heavy atom. The average molecular weight is 384 g/mol. The zero-order valence-corrected chi connectivity index (χ0v) is 16.3. The van der Waals surface area contributed by atoms with Crippen LogP contribution in [0.1, 0.15) is 44.9 Å². The van der Waals surface area contributed by atoms with Crippen LogP contribution in [0.2, 0.25) is 0 Å². The van der Waals surface area contributed by atoms with E-state index in [-0.39, 0.29) is 18.0 Å². The summed E-state index contributed by atoms with van der Waals surface area (Å²) < 4.78 is 5.32. The molecule has 0 spiro atoms. The number of rotatable bonds is 7. The minimum atomic E-state index is -0.139. The Morgan fingerprint density at radius 2 is 2.00 bits per heavy atom. The van der Waals surface area contributed by atoms with Crippen LogP contribution in [0.25, 0.3) is 10.9 Å². The summed E-state index contributed by atoms with van der Waals surface area (Å²) in [5.41, 5.74) is 1.42. The second-order valence-electron chi connectivity index (χ2n) is 7.10. The minimum Gasteiger partial charge on any atom is -0.494 e. The molecule has 0 bridgehead atoms. The van der Waals surface area contributed by atoms with E-state index in [1.807, 2.05) is 18.2 Å². The smallest absolute Gasteiger partial charge is 0.315 e. The summed E-state index contributed by atoms with van der Waals surface area (Å²) in [7, 11) is 1.60. The van der Waals surface area contributed by atoms with Crippen LogP contribution in [-0.2, 0) is 4.79 Å². The third kappa shape index (κ3) is 5.34. The summed E-state index contributed by atoms with van der Waals surface area (Å²) in [6, 6.07) is 7.48. The van der Waals surface area contributed by atoms with Crippen molar-refractivity contribution in [3.8, 4) is 5.75 Å². The first-order valence-electron chi connectivity index (χ1n) is 9.93. The summed E-state index contributed by atoms with van der Waals surface area (Å²) in [4.78, 5) is 28.5. The number of nitrogens with one attached hydrogen (secondary N) is 3. The molecule has 0 aliphatic heterocycles. The second-order valence-corrected chi connectivity index (χ2v) is 7.10. The Kier molecular flexibility index (Phi) is 7.06. The van der Waals surface area contributed by atoms with Crippen molar-refractivity contribution in [2.45, 2.75) is 51.0 Å². The van der Waals surface area contributed by atoms with Crippen LogP contribution in [0.4, 0.5) is 10.5 Å². The maximum absolute atomic E-state index is 12.3. The largest absolute Gasteiger partial charge is 0.494 e. The molecule has 7 heteroatoms. The fourth-order valence-corrected chi connectivity index (χ4v) is 3.57. The van der Waals surface area contributed by atoms with Gasteiger partial charge in [0.1, 0.15) is 11.3 Å². The van der Waals surface area contributed by atoms with Gasteiger partial charge in [-0.25, -0.2) is 4.79 Å². The molecule has 150 valence electrons. The molecule has 1 heterocycles. The number of fused-ring (bicyclic) bond motifs is 1. The normalized spacial score (nSPS) is 14.5. The number of hydrogen-bond acceptors (Lipinski definition) is 4. The van der Waals surface area contributed by atoms with Crippen LogP contribution in [0.3, 0.4) is 0 Å². The van der Waals surface area contributed by atoms with Gasteiger partial charge in [-0.1, -0.05) is 19.3 Å². The lowest BCUT2D eigenvalue weighted by Gasteiger charge is -2.22. The molecule has 3 N–H and O–H groups in total. The molecule has 1 aromatic carbocycles. The summed E-state index contributed by atoms with van der Waals surface area (Å²) in [6.07, 6.45) is 8.34. The van der Waals surface area contributed by atoms with E-state index in [9.17, 15) is 9.59 Å². The number of hydrogen-bond donors (Lipinski definition) is 3. The van der Waals surface area contributed by atoms with Gasteiger partial charge in [-0.05, 0) is 43.5 Å². The molecule has 2 aromatic rings. The van der Waals surface area contributed by atoms with Gasteiger partial charge in [0.05, 0.1) is 12.8 Å². The van der Waals surface area contributed by atoms with Crippen LogP contribution < -0.4 is 20.7 Å². The number of amides is 3. The molecule has 3 amide bonds. The summed E-state index contributed by atoms with van der Waals surface area (Å²) in [6.45, 7) is 0.469. The number of carbonyl (C=O) groups excluding carboxylic acids is 2. The first-order valence-corrected chi connectivity index (χ1v) is 9.93. The highest BCUT2D eigenvalue weighted by Gasteiger charge is 2.15. The highest BCUT2D eigenvalue weighted by Crippen LogP contribution is 2.29. The lowest BCUT2D eigenvalue weighted by atomic mass is 9.96. The van der Waals surface area contributed by atoms with E-state index in [4.69, 9.17) is 4.74 Å². The fourth-order valence-electron chi connectivity index (χ4n) is 3.57. The average Bonchev–Trinajstić information content (AvgIpc) is 2.72. The van der Waals surface area contributed by atoms with E-state index in [1.54, 1.807) is 19.4 Å². The third-order valence-corrected chi connectivity index (χ3v) is 5.03. The Balaban J connectivity index is 1.43. The van der Waals surface area contributed by atoms with E-state index in [0.717, 1.165) is 18.2 Å². The monoisotopic (exact) mass is 384 g/mol. The van der Waals surface area contributed by atoms with Gasteiger partial charge in [-0.3, -0.25) is 9.78 Å². The molecule has 3 rings (SSSR count). The maximum Gasteiger partial charge on any atom is 0.315 e. The van der Waals surface area contributed by atoms with Crippen LogP contribution in [-0.4, -0.2) is 36.6 Å². The number of pyridine rings is 1. The quantitative estimate of drug-likeness (QED) is 0.636. The molecule has 7 nitrogen and oxygen atoms in total. The van der Waals surface area contributed by atoms with Gasteiger partial charge < -0.3 is 20.7 Å². The molecule has 28 heavy (non-hydrogen) atoms. The third-order valence-electron chi connectivity index (χ3n) is 5.03. The van der Waals surface area contributed by atoms with Crippen molar-refractivity contribution in [2.75, 3.05) is 19.0 Å². The first kappa shape index (κ1) is 19.9. The van der Waals surface area contributed by atoms with E-state index < -0.39 is 0 Å². The Labute approximate surface area is 165 Å². The number of aromatic nitrogens is 1. The van der Waals surface area contributed by atoms with Crippen molar-refractivity contribution in [1.29, 1.82) is 0 Å². The van der Waals surface area contributed by atoms with Crippen molar-refractivity contribution in [2.24, 2.45) is 0 Å². The summed E-state index contributed by atoms with van der Waals surface area (Å²) in [5, 5.41) is 9.61. The molecule has 1 aromatic heterocycles. The van der Waals surface area contributed by atoms with Gasteiger partial charge in [0, 0.05) is 30.6 Å². The fraction of sp³-hybridized carbons (Fsp3) is 0.476. The van der Waals surface area contributed by atoms with Crippen LogP contribution in [0.5, 0.6) is 5.75 Å². The number of methoxy groups -OCH3 is 1.